The van der Waals surface area contributed by atoms with Gasteiger partial charge in [-0.1, -0.05) is 27.4 Å². The molecular formula is C21H31N7. The van der Waals surface area contributed by atoms with Gasteiger partial charge in [0, 0.05) is 21.4 Å². The minimum Gasteiger partial charge on any atom is -0.387 e. The van der Waals surface area contributed by atoms with Crippen LogP contribution in [0.5, 0.6) is 0 Å². The molecule has 1 aliphatic rings. The van der Waals surface area contributed by atoms with E-state index in [9.17, 15) is 0 Å². The molecule has 0 aliphatic carbocycles. The third-order valence-corrected chi connectivity index (χ3v) is 4.83. The maximum Gasteiger partial charge on any atom is 0.149 e. The first-order valence-electron chi connectivity index (χ1n) is 9.11. The van der Waals surface area contributed by atoms with Gasteiger partial charge < -0.3 is 22.5 Å². The third kappa shape index (κ3) is 3.65. The van der Waals surface area contributed by atoms with Gasteiger partial charge in [0.05, 0.1) is 28.6 Å². The zero-order valence-electron chi connectivity index (χ0n) is 17.8. The minimum atomic E-state index is -0.315. The first kappa shape index (κ1) is 21.2. The Morgan fingerprint density at radius 3 is 2.25 bits per heavy atom. The van der Waals surface area contributed by atoms with E-state index in [0.717, 1.165) is 22.0 Å². The molecule has 0 atom stereocenters. The molecule has 150 valence electrons. The van der Waals surface area contributed by atoms with Gasteiger partial charge in [-0.2, -0.15) is 0 Å². The molecule has 0 aromatic heterocycles. The number of allylic oxidation sites excluding steroid dienone is 1. The summed E-state index contributed by atoms with van der Waals surface area (Å²) in [5.74, 6) is 1.17. The highest BCUT2D eigenvalue weighted by molar-refractivity contribution is 6.55. The van der Waals surface area contributed by atoms with E-state index in [1.54, 1.807) is 0 Å². The number of aliphatic imine (C=N–C) groups is 2. The number of amidine groups is 2. The third-order valence-electron chi connectivity index (χ3n) is 4.83. The lowest BCUT2D eigenvalue weighted by atomic mass is 9.94. The summed E-state index contributed by atoms with van der Waals surface area (Å²) in [7, 11) is 0. The van der Waals surface area contributed by atoms with Gasteiger partial charge in [0.15, 0.2) is 0 Å². The second kappa shape index (κ2) is 7.14. The van der Waals surface area contributed by atoms with Crippen LogP contribution < -0.4 is 33.0 Å². The Bertz CT molecular complexity index is 1060. The van der Waals surface area contributed by atoms with Gasteiger partial charge in [-0.15, -0.1) is 0 Å². The van der Waals surface area contributed by atoms with Crippen LogP contribution in [-0.4, -0.2) is 17.4 Å². The SMILES string of the molecule is C=c1c(NC(N)=C(C)C)c(C)c(N=C(N)C(C)(C)C)c2c1=C(C)C(=N)C(N)=N2. The van der Waals surface area contributed by atoms with Gasteiger partial charge in [-0.25, -0.2) is 9.98 Å². The topological polar surface area (TPSA) is 139 Å². The van der Waals surface area contributed by atoms with Crippen LogP contribution in [0, 0.1) is 17.7 Å². The number of anilines is 1. The number of hydrogen-bond donors (Lipinski definition) is 5. The van der Waals surface area contributed by atoms with Crippen LogP contribution in [0.3, 0.4) is 0 Å². The van der Waals surface area contributed by atoms with E-state index >= 15 is 0 Å². The molecule has 1 aromatic rings. The van der Waals surface area contributed by atoms with Gasteiger partial charge in [-0.3, -0.25) is 5.41 Å². The summed E-state index contributed by atoms with van der Waals surface area (Å²) < 4.78 is 0. The first-order chi connectivity index (χ1) is 12.8. The number of benzene rings is 1. The zero-order valence-corrected chi connectivity index (χ0v) is 17.8. The maximum absolute atomic E-state index is 8.24. The molecule has 1 aromatic carbocycles. The van der Waals surface area contributed by atoms with E-state index in [-0.39, 0.29) is 17.0 Å². The molecule has 0 unspecified atom stereocenters. The van der Waals surface area contributed by atoms with Gasteiger partial charge >= 0.3 is 0 Å². The average Bonchev–Trinajstić information content (AvgIpc) is 2.58. The van der Waals surface area contributed by atoms with Crippen molar-refractivity contribution in [1.82, 2.24) is 0 Å². The number of rotatable bonds is 3. The lowest BCUT2D eigenvalue weighted by Gasteiger charge is -2.22. The van der Waals surface area contributed by atoms with Gasteiger partial charge in [0.2, 0.25) is 0 Å². The molecule has 8 N–H and O–H groups in total. The van der Waals surface area contributed by atoms with Gasteiger partial charge in [0.25, 0.3) is 0 Å². The zero-order chi connectivity index (χ0) is 21.5. The van der Waals surface area contributed by atoms with Crippen molar-refractivity contribution in [3.05, 3.63) is 27.4 Å². The van der Waals surface area contributed by atoms with Crippen molar-refractivity contribution >= 4 is 46.6 Å². The van der Waals surface area contributed by atoms with E-state index in [0.29, 0.717) is 33.8 Å². The van der Waals surface area contributed by atoms with Gasteiger partial charge in [-0.05, 0) is 38.8 Å². The van der Waals surface area contributed by atoms with E-state index < -0.39 is 0 Å². The lowest BCUT2D eigenvalue weighted by Crippen LogP contribution is -2.38. The molecule has 2 rings (SSSR count). The van der Waals surface area contributed by atoms with Crippen molar-refractivity contribution in [3.8, 4) is 0 Å². The Balaban J connectivity index is 3.03. The van der Waals surface area contributed by atoms with Gasteiger partial charge in [0.1, 0.15) is 11.7 Å². The van der Waals surface area contributed by atoms with E-state index in [1.165, 1.54) is 0 Å². The minimum absolute atomic E-state index is 0.152. The Kier molecular flexibility index (Phi) is 5.41. The van der Waals surface area contributed by atoms with Crippen LogP contribution in [-0.2, 0) is 0 Å². The van der Waals surface area contributed by atoms with Crippen molar-refractivity contribution in [1.29, 1.82) is 5.41 Å². The molecule has 0 saturated heterocycles. The van der Waals surface area contributed by atoms with Crippen LogP contribution in [0.1, 0.15) is 47.1 Å². The summed E-state index contributed by atoms with van der Waals surface area (Å²) >= 11 is 0. The molecule has 0 amide bonds. The Labute approximate surface area is 166 Å². The fourth-order valence-corrected chi connectivity index (χ4v) is 2.77. The Hall–Kier alpha value is -3.09. The van der Waals surface area contributed by atoms with E-state index in [2.05, 4.69) is 16.9 Å². The smallest absolute Gasteiger partial charge is 0.149 e. The van der Waals surface area contributed by atoms with Crippen molar-refractivity contribution < 1.29 is 0 Å². The molecule has 0 saturated carbocycles. The molecule has 0 radical (unpaired) electrons. The molecule has 1 aliphatic heterocycles. The fourth-order valence-electron chi connectivity index (χ4n) is 2.77. The number of nitrogens with two attached hydrogens (primary N) is 3. The highest BCUT2D eigenvalue weighted by atomic mass is 15.0. The number of fused-ring (bicyclic) bond motifs is 1. The first-order valence-corrected chi connectivity index (χ1v) is 9.11. The van der Waals surface area contributed by atoms with E-state index in [1.807, 2.05) is 48.5 Å². The van der Waals surface area contributed by atoms with Crippen molar-refractivity contribution in [2.75, 3.05) is 5.32 Å². The number of nitrogens with one attached hydrogen (secondary N) is 2. The summed E-state index contributed by atoms with van der Waals surface area (Å²) in [5, 5.41) is 12.9. The predicted molar refractivity (Wildman–Crippen MR) is 121 cm³/mol. The fraction of sp³-hybridized carbons (Fsp3) is 0.381. The molecular weight excluding hydrogens is 350 g/mol. The van der Waals surface area contributed by atoms with Crippen LogP contribution >= 0.6 is 0 Å². The Morgan fingerprint density at radius 2 is 1.75 bits per heavy atom. The molecule has 7 heteroatoms. The second-order valence-electron chi connectivity index (χ2n) is 8.33. The second-order valence-corrected chi connectivity index (χ2v) is 8.33. The van der Waals surface area contributed by atoms with Crippen molar-refractivity contribution in [2.45, 2.75) is 48.5 Å². The van der Waals surface area contributed by atoms with Crippen LogP contribution in [0.2, 0.25) is 0 Å². The number of nitrogens with zero attached hydrogens (tertiary/aromatic N) is 2. The molecule has 28 heavy (non-hydrogen) atoms. The van der Waals surface area contributed by atoms with Crippen molar-refractivity contribution in [2.24, 2.45) is 32.6 Å². The molecule has 0 bridgehead atoms. The summed E-state index contributed by atoms with van der Waals surface area (Å²) in [6.45, 7) is 17.8. The molecule has 0 fully saturated rings. The summed E-state index contributed by atoms with van der Waals surface area (Å²) in [4.78, 5) is 9.18. The summed E-state index contributed by atoms with van der Waals surface area (Å²) in [6, 6.07) is 0. The van der Waals surface area contributed by atoms with Crippen molar-refractivity contribution in [3.63, 3.8) is 0 Å². The summed E-state index contributed by atoms with van der Waals surface area (Å²) in [5.41, 5.74) is 22.7. The Morgan fingerprint density at radius 1 is 1.18 bits per heavy atom. The molecule has 1 heterocycles. The number of hydrogen-bond acceptors (Lipinski definition) is 6. The molecule has 0 spiro atoms. The quantitative estimate of drug-likeness (QED) is 0.405. The highest BCUT2D eigenvalue weighted by Crippen LogP contribution is 2.34. The van der Waals surface area contributed by atoms with Crippen LogP contribution in [0.25, 0.3) is 12.2 Å². The standard InChI is InChI=1S/C21H31N7/c1-9(2)18(23)26-15-11(4)13-10(3)14(22)19(24)27-17(13)16(12(15)5)28-20(25)21(6,7)8/h22,26H,4,23H2,1-3,5-8H3,(H2,24,27)(H2,25,28). The largest absolute Gasteiger partial charge is 0.387 e. The predicted octanol–water partition coefficient (Wildman–Crippen LogP) is 2.25. The van der Waals surface area contributed by atoms with Crippen LogP contribution in [0.4, 0.5) is 17.1 Å². The lowest BCUT2D eigenvalue weighted by molar-refractivity contribution is 0.585. The average molecular weight is 382 g/mol. The highest BCUT2D eigenvalue weighted by Gasteiger charge is 2.23. The molecule has 7 nitrogen and oxygen atoms in total. The van der Waals surface area contributed by atoms with Crippen LogP contribution in [0.15, 0.2) is 21.4 Å². The maximum atomic E-state index is 8.24. The monoisotopic (exact) mass is 381 g/mol. The summed E-state index contributed by atoms with van der Waals surface area (Å²) in [6.07, 6.45) is 0. The normalized spacial score (nSPS) is 14.5. The van der Waals surface area contributed by atoms with E-state index in [4.69, 9.17) is 27.6 Å².